The van der Waals surface area contributed by atoms with Gasteiger partial charge >= 0.3 is 37.1 Å². The van der Waals surface area contributed by atoms with Crippen molar-refractivity contribution in [1.82, 2.24) is 0 Å². The molecule has 2 radical (unpaired) electrons. The van der Waals surface area contributed by atoms with Crippen molar-refractivity contribution in [2.75, 3.05) is 0 Å². The van der Waals surface area contributed by atoms with Gasteiger partial charge in [-0.15, -0.1) is 0 Å². The molecule has 0 aromatic rings. The summed E-state index contributed by atoms with van der Waals surface area (Å²) >= 11 is 0.230. The van der Waals surface area contributed by atoms with Gasteiger partial charge in [-0.2, -0.15) is 0 Å². The Balaban J connectivity index is 0. The fourth-order valence-electron chi connectivity index (χ4n) is 0. The molecule has 42 valence electrons. The Kier molecular flexibility index (Phi) is 13.6. The van der Waals surface area contributed by atoms with Gasteiger partial charge in [-0.3, -0.25) is 0 Å². The summed E-state index contributed by atoms with van der Waals surface area (Å²) in [5.74, 6) is 0. The minimum atomic E-state index is -1.33. The minimum absolute atomic E-state index is 0.230. The summed E-state index contributed by atoms with van der Waals surface area (Å²) < 4.78 is 0. The van der Waals surface area contributed by atoms with Crippen molar-refractivity contribution >= 4 is 27.2 Å². The number of carbonyl (C=O) groups is 1. The van der Waals surface area contributed by atoms with Crippen LogP contribution in [0.1, 0.15) is 0 Å². The van der Waals surface area contributed by atoms with Crippen molar-refractivity contribution in [2.45, 2.75) is 9.88 Å². The Bertz CT molecular complexity index is 44.2. The van der Waals surface area contributed by atoms with Crippen LogP contribution in [0, 0.1) is 0 Å². The molecule has 0 aliphatic rings. The van der Waals surface area contributed by atoms with Gasteiger partial charge in [-0.1, -0.05) is 0 Å². The Morgan fingerprint density at radius 1 is 1.71 bits per heavy atom. The molecule has 4 heteroatoms. The normalized spacial score (nSPS) is 6.00. The number of rotatable bonds is 0. The van der Waals surface area contributed by atoms with Gasteiger partial charge in [-0.25, -0.2) is 4.79 Å². The van der Waals surface area contributed by atoms with E-state index in [4.69, 9.17) is 9.90 Å². The Hall–Kier alpha value is 0.0687. The zero-order valence-electron chi connectivity index (χ0n) is 4.43. The maximum absolute atomic E-state index is 8.78. The quantitative estimate of drug-likeness (QED) is 0.568. The summed E-state index contributed by atoms with van der Waals surface area (Å²) in [6.45, 7) is 0. The summed E-state index contributed by atoms with van der Waals surface area (Å²) in [7, 11) is 0. The van der Waals surface area contributed by atoms with Crippen LogP contribution >= 0.6 is 0 Å². The second-order valence-electron chi connectivity index (χ2n) is 0.838. The molecule has 0 rings (SSSR count). The van der Waals surface area contributed by atoms with Crippen LogP contribution in [-0.2, 0) is 0 Å². The average molecular weight is 210 g/mol. The van der Waals surface area contributed by atoms with E-state index in [1.165, 1.54) is 0 Å². The van der Waals surface area contributed by atoms with E-state index in [-0.39, 0.29) is 21.1 Å². The van der Waals surface area contributed by atoms with Gasteiger partial charge < -0.3 is 10.8 Å². The molecule has 0 aromatic carbocycles. The molecule has 0 bridgehead atoms. The summed E-state index contributed by atoms with van der Waals surface area (Å²) in [5.41, 5.74) is 4.03. The Labute approximate surface area is 53.1 Å². The van der Waals surface area contributed by atoms with E-state index in [0.717, 1.165) is 0 Å². The van der Waals surface area contributed by atoms with E-state index in [1.807, 2.05) is 0 Å². The summed E-state index contributed by atoms with van der Waals surface area (Å²) in [6, 6.07) is 0. The van der Waals surface area contributed by atoms with Crippen molar-refractivity contribution in [3.63, 3.8) is 0 Å². The van der Waals surface area contributed by atoms with Crippen LogP contribution in [0.2, 0.25) is 9.88 Å². The van der Waals surface area contributed by atoms with E-state index in [1.54, 1.807) is 0 Å². The summed E-state index contributed by atoms with van der Waals surface area (Å²) in [4.78, 5) is 13.4. The van der Waals surface area contributed by atoms with E-state index in [0.29, 0.717) is 0 Å². The van der Waals surface area contributed by atoms with Crippen molar-refractivity contribution in [3.05, 3.63) is 0 Å². The first-order valence-corrected chi connectivity index (χ1v) is 7.42. The number of hydrogen-bond acceptors (Lipinski definition) is 1. The molecule has 0 saturated carbocycles. The summed E-state index contributed by atoms with van der Waals surface area (Å²) in [5, 5.41) is 7.19. The molecular formula is C3H9NO2Sn. The van der Waals surface area contributed by atoms with Crippen molar-refractivity contribution in [1.29, 1.82) is 0 Å². The molecule has 0 unspecified atom stereocenters. The van der Waals surface area contributed by atoms with Crippen LogP contribution in [0.4, 0.5) is 4.79 Å². The first kappa shape index (κ1) is 10.1. The van der Waals surface area contributed by atoms with E-state index < -0.39 is 6.09 Å². The van der Waals surface area contributed by atoms with Gasteiger partial charge in [0.25, 0.3) is 0 Å². The second-order valence-corrected chi connectivity index (χ2v) is 3.69. The zero-order chi connectivity index (χ0) is 6.28. The molecular weight excluding hydrogens is 201 g/mol. The van der Waals surface area contributed by atoms with Crippen molar-refractivity contribution in [2.24, 2.45) is 5.73 Å². The molecule has 7 heavy (non-hydrogen) atoms. The van der Waals surface area contributed by atoms with Crippen LogP contribution in [0.25, 0.3) is 0 Å². The van der Waals surface area contributed by atoms with Crippen LogP contribution in [0.3, 0.4) is 0 Å². The van der Waals surface area contributed by atoms with Crippen molar-refractivity contribution in [3.8, 4) is 0 Å². The van der Waals surface area contributed by atoms with Gasteiger partial charge in [-0.05, 0) is 0 Å². The molecule has 0 aliphatic carbocycles. The number of hydrogen-bond donors (Lipinski definition) is 2. The third-order valence-corrected chi connectivity index (χ3v) is 0. The van der Waals surface area contributed by atoms with Gasteiger partial charge in [0.2, 0.25) is 0 Å². The average Bonchev–Trinajstić information content (AvgIpc) is 1.33. The summed E-state index contributed by atoms with van der Waals surface area (Å²) in [6.07, 6.45) is -1.33. The topological polar surface area (TPSA) is 63.3 Å². The first-order chi connectivity index (χ1) is 3.15. The van der Waals surface area contributed by atoms with Crippen molar-refractivity contribution < 1.29 is 9.90 Å². The van der Waals surface area contributed by atoms with Gasteiger partial charge in [0, 0.05) is 0 Å². The van der Waals surface area contributed by atoms with Crippen LogP contribution < -0.4 is 5.73 Å². The molecule has 0 aliphatic heterocycles. The molecule has 3 N–H and O–H groups in total. The van der Waals surface area contributed by atoms with E-state index >= 15 is 0 Å². The van der Waals surface area contributed by atoms with Gasteiger partial charge in [0.15, 0.2) is 0 Å². The monoisotopic (exact) mass is 211 g/mol. The van der Waals surface area contributed by atoms with Crippen LogP contribution in [-0.4, -0.2) is 32.3 Å². The molecule has 0 heterocycles. The standard InChI is InChI=1S/CH3NO2.2CH3.Sn/c2-1(3)4;;;/h2H2,(H,3,4);2*1H3;. The first-order valence-electron chi connectivity index (χ1n) is 1.72. The SMILES string of the molecule is NC(=O)O.[CH3][Sn][CH3]. The Morgan fingerprint density at radius 3 is 1.71 bits per heavy atom. The van der Waals surface area contributed by atoms with Gasteiger partial charge in [0.1, 0.15) is 0 Å². The third-order valence-electron chi connectivity index (χ3n) is 0. The van der Waals surface area contributed by atoms with E-state index in [9.17, 15) is 0 Å². The number of amides is 1. The predicted molar refractivity (Wildman–Crippen MR) is 29.7 cm³/mol. The second kappa shape index (κ2) is 9.42. The predicted octanol–water partition coefficient (Wildman–Crippen LogP) is 0.410. The van der Waals surface area contributed by atoms with Gasteiger partial charge in [0.05, 0.1) is 0 Å². The van der Waals surface area contributed by atoms with E-state index in [2.05, 4.69) is 15.6 Å². The molecule has 0 spiro atoms. The van der Waals surface area contributed by atoms with Crippen LogP contribution in [0.15, 0.2) is 0 Å². The number of carboxylic acid groups (broad SMARTS) is 1. The molecule has 0 saturated heterocycles. The molecule has 0 fully saturated rings. The van der Waals surface area contributed by atoms with Crippen LogP contribution in [0.5, 0.6) is 0 Å². The maximum atomic E-state index is 8.78. The zero-order valence-corrected chi connectivity index (χ0v) is 7.29. The fraction of sp³-hybridized carbons (Fsp3) is 0.667. The molecule has 0 aromatic heterocycles. The molecule has 1 amide bonds. The number of nitrogens with two attached hydrogens (primary N) is 1. The third kappa shape index (κ3) is 21300. The molecule has 0 atom stereocenters. The number of primary amides is 1. The molecule has 3 nitrogen and oxygen atoms in total. The Morgan fingerprint density at radius 2 is 1.71 bits per heavy atom. The fourth-order valence-corrected chi connectivity index (χ4v) is 0.